The SMILES string of the molecule is CC(C)[C@H]1C(=O)N[C@@H]1[C@@H](C)C(=O)C(=[N+]=[N-])C(=O)OCc1ccc(N=[N+]=[N-])cc1. The average Bonchev–Trinajstić information content (AvgIpc) is 2.65. The zero-order chi connectivity index (χ0) is 20.8. The summed E-state index contributed by atoms with van der Waals surface area (Å²) in [7, 11) is 0. The minimum absolute atomic E-state index is 0.0313. The van der Waals surface area contributed by atoms with Gasteiger partial charge in [-0.3, -0.25) is 9.59 Å². The number of β-lactam (4-membered cyclic amide) rings is 1. The number of carbonyl (C=O) groups is 3. The van der Waals surface area contributed by atoms with Gasteiger partial charge in [-0.25, -0.2) is 4.79 Å². The number of benzene rings is 1. The lowest BCUT2D eigenvalue weighted by Gasteiger charge is -2.41. The Bertz CT molecular complexity index is 882. The van der Waals surface area contributed by atoms with Gasteiger partial charge in [-0.05, 0) is 17.0 Å². The molecule has 146 valence electrons. The van der Waals surface area contributed by atoms with Crippen molar-refractivity contribution in [2.24, 2.45) is 22.9 Å². The largest absolute Gasteiger partial charge is 0.452 e. The zero-order valence-electron chi connectivity index (χ0n) is 15.7. The van der Waals surface area contributed by atoms with E-state index in [1.54, 1.807) is 31.2 Å². The highest BCUT2D eigenvalue weighted by molar-refractivity contribution is 6.62. The first kappa shape index (κ1) is 20.8. The fourth-order valence-corrected chi connectivity index (χ4v) is 3.07. The second-order valence-electron chi connectivity index (χ2n) is 6.84. The van der Waals surface area contributed by atoms with E-state index in [1.165, 1.54) is 0 Å². The second kappa shape index (κ2) is 8.94. The van der Waals surface area contributed by atoms with Crippen molar-refractivity contribution < 1.29 is 23.9 Å². The van der Waals surface area contributed by atoms with E-state index in [1.807, 2.05) is 13.8 Å². The summed E-state index contributed by atoms with van der Waals surface area (Å²) < 4.78 is 5.04. The molecule has 0 aromatic heterocycles. The lowest BCUT2D eigenvalue weighted by Crippen LogP contribution is -2.64. The van der Waals surface area contributed by atoms with Crippen LogP contribution in [0.1, 0.15) is 26.3 Å². The maximum absolute atomic E-state index is 12.6. The van der Waals surface area contributed by atoms with Crippen molar-refractivity contribution in [2.45, 2.75) is 33.4 Å². The molecule has 1 amide bonds. The first-order chi connectivity index (χ1) is 13.3. The Morgan fingerprint density at radius 1 is 1.21 bits per heavy atom. The number of ether oxygens (including phenoxy) is 1. The molecular formula is C18H20N6O4. The van der Waals surface area contributed by atoms with Gasteiger partial charge in [-0.2, -0.15) is 4.79 Å². The van der Waals surface area contributed by atoms with Crippen molar-refractivity contribution in [3.8, 4) is 0 Å². The summed E-state index contributed by atoms with van der Waals surface area (Å²) in [6, 6.07) is 5.84. The molecule has 1 N–H and O–H groups in total. The fourth-order valence-electron chi connectivity index (χ4n) is 3.07. The van der Waals surface area contributed by atoms with Crippen LogP contribution >= 0.6 is 0 Å². The lowest BCUT2D eigenvalue weighted by molar-refractivity contribution is -0.145. The van der Waals surface area contributed by atoms with Gasteiger partial charge in [0, 0.05) is 16.5 Å². The van der Waals surface area contributed by atoms with Crippen LogP contribution in [0.25, 0.3) is 16.0 Å². The fraction of sp³-hybridized carbons (Fsp3) is 0.444. The maximum Gasteiger partial charge on any atom is 0.441 e. The Kier molecular flexibility index (Phi) is 6.65. The summed E-state index contributed by atoms with van der Waals surface area (Å²) >= 11 is 0. The van der Waals surface area contributed by atoms with E-state index >= 15 is 0 Å². The third-order valence-corrected chi connectivity index (χ3v) is 4.66. The smallest absolute Gasteiger partial charge is 0.441 e. The molecule has 28 heavy (non-hydrogen) atoms. The Labute approximate surface area is 161 Å². The molecule has 1 heterocycles. The molecule has 0 saturated carbocycles. The van der Waals surface area contributed by atoms with Crippen LogP contribution in [0.2, 0.25) is 0 Å². The van der Waals surface area contributed by atoms with Crippen molar-refractivity contribution in [2.75, 3.05) is 0 Å². The van der Waals surface area contributed by atoms with Crippen LogP contribution in [-0.4, -0.2) is 34.2 Å². The Balaban J connectivity index is 2.00. The second-order valence-corrected chi connectivity index (χ2v) is 6.84. The third kappa shape index (κ3) is 4.43. The molecule has 10 heteroatoms. The molecule has 0 unspecified atom stereocenters. The molecule has 0 bridgehead atoms. The summed E-state index contributed by atoms with van der Waals surface area (Å²) in [5, 5.41) is 6.09. The van der Waals surface area contributed by atoms with E-state index in [9.17, 15) is 14.4 Å². The van der Waals surface area contributed by atoms with Gasteiger partial charge in [0.05, 0.1) is 12.0 Å². The average molecular weight is 384 g/mol. The van der Waals surface area contributed by atoms with Crippen molar-refractivity contribution in [3.63, 3.8) is 0 Å². The standard InChI is InChI=1S/C18H20N6O4/c1-9(2)13-14(21-17(13)26)10(3)16(25)15(22-19)18(27)28-8-11-4-6-12(7-5-11)23-24-20/h4-7,9-10,13-14H,8H2,1-3H3,(H,21,26)/t10-,13-,14-/m1/s1. The van der Waals surface area contributed by atoms with Gasteiger partial charge in [0.15, 0.2) is 0 Å². The predicted molar refractivity (Wildman–Crippen MR) is 98.1 cm³/mol. The molecule has 1 saturated heterocycles. The first-order valence-electron chi connectivity index (χ1n) is 8.68. The summed E-state index contributed by atoms with van der Waals surface area (Å²) in [4.78, 5) is 41.9. The number of Topliss-reactive ketones (excluding diaryl/α,β-unsaturated/α-hetero) is 1. The van der Waals surface area contributed by atoms with E-state index in [0.717, 1.165) is 0 Å². The van der Waals surface area contributed by atoms with E-state index in [0.29, 0.717) is 11.3 Å². The quantitative estimate of drug-likeness (QED) is 0.139. The number of azide groups is 1. The minimum Gasteiger partial charge on any atom is -0.452 e. The van der Waals surface area contributed by atoms with Crippen LogP contribution in [0.5, 0.6) is 0 Å². The van der Waals surface area contributed by atoms with Crippen LogP contribution in [-0.2, 0) is 25.7 Å². The van der Waals surface area contributed by atoms with Crippen LogP contribution < -0.4 is 5.32 Å². The van der Waals surface area contributed by atoms with Crippen LogP contribution in [0.15, 0.2) is 29.4 Å². The minimum atomic E-state index is -1.06. The Morgan fingerprint density at radius 2 is 1.86 bits per heavy atom. The van der Waals surface area contributed by atoms with Gasteiger partial charge in [0.2, 0.25) is 5.91 Å². The number of nitrogens with zero attached hydrogens (tertiary/aromatic N) is 5. The zero-order valence-corrected chi connectivity index (χ0v) is 15.7. The molecule has 1 aliphatic rings. The van der Waals surface area contributed by atoms with E-state index < -0.39 is 29.4 Å². The molecule has 3 atom stereocenters. The summed E-state index contributed by atoms with van der Waals surface area (Å²) in [5.74, 6) is -2.97. The first-order valence-corrected chi connectivity index (χ1v) is 8.68. The highest BCUT2D eigenvalue weighted by Gasteiger charge is 2.49. The van der Waals surface area contributed by atoms with Crippen molar-refractivity contribution in [1.29, 1.82) is 0 Å². The summed E-state index contributed by atoms with van der Waals surface area (Å²) in [6.45, 7) is 5.14. The van der Waals surface area contributed by atoms with Crippen LogP contribution in [0.3, 0.4) is 0 Å². The number of hydrogen-bond acceptors (Lipinski definition) is 5. The molecule has 0 radical (unpaired) electrons. The number of rotatable bonds is 8. The molecule has 1 aliphatic heterocycles. The van der Waals surface area contributed by atoms with E-state index in [2.05, 4.69) is 20.1 Å². The van der Waals surface area contributed by atoms with Crippen molar-refractivity contribution in [3.05, 3.63) is 45.8 Å². The molecular weight excluding hydrogens is 364 g/mol. The molecule has 1 aromatic rings. The molecule has 0 spiro atoms. The number of nitrogens with one attached hydrogen (secondary N) is 1. The third-order valence-electron chi connectivity index (χ3n) is 4.66. The maximum atomic E-state index is 12.6. The monoisotopic (exact) mass is 384 g/mol. The Hall–Kier alpha value is -3.48. The van der Waals surface area contributed by atoms with Crippen LogP contribution in [0.4, 0.5) is 5.69 Å². The lowest BCUT2D eigenvalue weighted by atomic mass is 9.74. The highest BCUT2D eigenvalue weighted by Crippen LogP contribution is 2.29. The van der Waals surface area contributed by atoms with Crippen molar-refractivity contribution in [1.82, 2.24) is 5.32 Å². The molecule has 1 fully saturated rings. The number of hydrogen-bond donors (Lipinski definition) is 1. The van der Waals surface area contributed by atoms with Gasteiger partial charge in [-0.1, -0.05) is 50.2 Å². The predicted octanol–water partition coefficient (Wildman–Crippen LogP) is 2.32. The molecule has 0 aliphatic carbocycles. The number of carbonyl (C=O) groups excluding carboxylic acids is 3. The van der Waals surface area contributed by atoms with Crippen LogP contribution in [0, 0.1) is 17.8 Å². The van der Waals surface area contributed by atoms with Gasteiger partial charge >= 0.3 is 11.7 Å². The topological polar surface area (TPSA) is 158 Å². The van der Waals surface area contributed by atoms with Gasteiger partial charge < -0.3 is 15.6 Å². The molecule has 1 aromatic carbocycles. The Morgan fingerprint density at radius 3 is 2.36 bits per heavy atom. The van der Waals surface area contributed by atoms with Crippen molar-refractivity contribution >= 4 is 29.1 Å². The number of amides is 1. The number of esters is 1. The molecule has 2 rings (SSSR count). The van der Waals surface area contributed by atoms with Gasteiger partial charge in [0.1, 0.15) is 6.61 Å². The van der Waals surface area contributed by atoms with E-state index in [-0.39, 0.29) is 24.3 Å². The van der Waals surface area contributed by atoms with Gasteiger partial charge in [0.25, 0.3) is 5.78 Å². The van der Waals surface area contributed by atoms with E-state index in [4.69, 9.17) is 15.8 Å². The molecule has 10 nitrogen and oxygen atoms in total. The highest BCUT2D eigenvalue weighted by atomic mass is 16.5. The van der Waals surface area contributed by atoms with Gasteiger partial charge in [-0.15, -0.1) is 0 Å². The normalized spacial score (nSPS) is 18.8. The summed E-state index contributed by atoms with van der Waals surface area (Å²) in [6.07, 6.45) is 0. The number of ketones is 1. The summed E-state index contributed by atoms with van der Waals surface area (Å²) in [5.41, 5.74) is 17.8.